The number of amidine groups is 1. The van der Waals surface area contributed by atoms with Crippen molar-refractivity contribution in [3.63, 3.8) is 0 Å². The number of methoxy groups -OCH3 is 1. The first-order chi connectivity index (χ1) is 7.64. The first-order valence-corrected chi connectivity index (χ1v) is 6.60. The maximum atomic E-state index is 5.35. The van der Waals surface area contributed by atoms with E-state index in [0.717, 1.165) is 24.0 Å². The van der Waals surface area contributed by atoms with Gasteiger partial charge in [-0.3, -0.25) is 4.99 Å². The largest absolute Gasteiger partial charge is 0.382 e. The highest BCUT2D eigenvalue weighted by atomic mass is 32.2. The second-order valence-electron chi connectivity index (χ2n) is 4.61. The summed E-state index contributed by atoms with van der Waals surface area (Å²) >= 11 is 1.80. The van der Waals surface area contributed by atoms with E-state index < -0.39 is 0 Å². The molecule has 1 aliphatic rings. The fourth-order valence-electron chi connectivity index (χ4n) is 1.22. The van der Waals surface area contributed by atoms with E-state index in [9.17, 15) is 0 Å². The molecule has 94 valence electrons. The van der Waals surface area contributed by atoms with Gasteiger partial charge < -0.3 is 14.8 Å². The molecule has 0 aliphatic carbocycles. The Morgan fingerprint density at radius 3 is 2.81 bits per heavy atom. The summed E-state index contributed by atoms with van der Waals surface area (Å²) in [5.41, 5.74) is 0.338. The lowest BCUT2D eigenvalue weighted by molar-refractivity contribution is 0.0734. The Labute approximate surface area is 102 Å². The molecule has 1 rings (SSSR count). The third-order valence-corrected chi connectivity index (χ3v) is 3.68. The molecule has 1 heterocycles. The van der Waals surface area contributed by atoms with Crippen molar-refractivity contribution in [2.24, 2.45) is 10.4 Å². The van der Waals surface area contributed by atoms with E-state index in [-0.39, 0.29) is 0 Å². The molecule has 1 aliphatic heterocycles. The molecule has 0 amide bonds. The SMILES string of the molecule is COCCOCCNC1=NCC(C)(C)CS1. The van der Waals surface area contributed by atoms with Crippen molar-refractivity contribution in [1.82, 2.24) is 5.32 Å². The van der Waals surface area contributed by atoms with Crippen LogP contribution in [0.3, 0.4) is 0 Å². The summed E-state index contributed by atoms with van der Waals surface area (Å²) in [4.78, 5) is 4.50. The molecule has 0 unspecified atom stereocenters. The van der Waals surface area contributed by atoms with Crippen LogP contribution in [0.5, 0.6) is 0 Å². The Kier molecular flexibility index (Phi) is 6.16. The maximum absolute atomic E-state index is 5.35. The van der Waals surface area contributed by atoms with E-state index in [4.69, 9.17) is 9.47 Å². The van der Waals surface area contributed by atoms with Gasteiger partial charge in [-0.15, -0.1) is 0 Å². The molecule has 0 saturated carbocycles. The average Bonchev–Trinajstić information content (AvgIpc) is 2.25. The van der Waals surface area contributed by atoms with Crippen LogP contribution in [-0.2, 0) is 9.47 Å². The Bertz CT molecular complexity index is 232. The second-order valence-corrected chi connectivity index (χ2v) is 5.57. The maximum Gasteiger partial charge on any atom is 0.156 e. The van der Waals surface area contributed by atoms with Gasteiger partial charge >= 0.3 is 0 Å². The average molecular weight is 246 g/mol. The van der Waals surface area contributed by atoms with Gasteiger partial charge in [-0.2, -0.15) is 0 Å². The minimum absolute atomic E-state index is 0.338. The van der Waals surface area contributed by atoms with Crippen LogP contribution in [0.15, 0.2) is 4.99 Å². The van der Waals surface area contributed by atoms with Crippen LogP contribution >= 0.6 is 11.8 Å². The number of hydrogen-bond acceptors (Lipinski definition) is 5. The molecule has 4 nitrogen and oxygen atoms in total. The second kappa shape index (κ2) is 7.14. The summed E-state index contributed by atoms with van der Waals surface area (Å²) < 4.78 is 10.2. The van der Waals surface area contributed by atoms with E-state index in [1.165, 1.54) is 0 Å². The minimum Gasteiger partial charge on any atom is -0.382 e. The molecule has 0 aromatic carbocycles. The molecule has 0 aromatic heterocycles. The molecule has 1 N–H and O–H groups in total. The first kappa shape index (κ1) is 13.8. The van der Waals surface area contributed by atoms with Gasteiger partial charge in [0.2, 0.25) is 0 Å². The van der Waals surface area contributed by atoms with Gasteiger partial charge in [0.1, 0.15) is 0 Å². The Hall–Kier alpha value is -0.260. The van der Waals surface area contributed by atoms with Crippen molar-refractivity contribution in [3.05, 3.63) is 0 Å². The lowest BCUT2D eigenvalue weighted by Crippen LogP contribution is -2.33. The molecule has 0 fully saturated rings. The van der Waals surface area contributed by atoms with Crippen LogP contribution in [-0.4, -0.2) is 50.9 Å². The number of aliphatic imine (C=N–C) groups is 1. The van der Waals surface area contributed by atoms with Crippen molar-refractivity contribution >= 4 is 16.9 Å². The van der Waals surface area contributed by atoms with Gasteiger partial charge in [0.25, 0.3) is 0 Å². The number of rotatable bonds is 6. The van der Waals surface area contributed by atoms with Crippen molar-refractivity contribution in [2.75, 3.05) is 45.8 Å². The summed E-state index contributed by atoms with van der Waals surface area (Å²) in [6, 6.07) is 0. The van der Waals surface area contributed by atoms with Gasteiger partial charge in [0.05, 0.1) is 19.8 Å². The Morgan fingerprint density at radius 2 is 2.19 bits per heavy atom. The summed E-state index contributed by atoms with van der Waals surface area (Å²) in [6.45, 7) is 8.23. The first-order valence-electron chi connectivity index (χ1n) is 5.62. The van der Waals surface area contributed by atoms with Crippen molar-refractivity contribution in [3.8, 4) is 0 Å². The zero-order valence-electron chi connectivity index (χ0n) is 10.4. The Morgan fingerprint density at radius 1 is 1.38 bits per heavy atom. The van der Waals surface area contributed by atoms with Crippen LogP contribution in [0.4, 0.5) is 0 Å². The smallest absolute Gasteiger partial charge is 0.156 e. The minimum atomic E-state index is 0.338. The molecule has 5 heteroatoms. The van der Waals surface area contributed by atoms with Crippen molar-refractivity contribution in [1.29, 1.82) is 0 Å². The summed E-state index contributed by atoms with van der Waals surface area (Å²) in [5, 5.41) is 4.33. The number of thioether (sulfide) groups is 1. The topological polar surface area (TPSA) is 42.9 Å². The highest BCUT2D eigenvalue weighted by molar-refractivity contribution is 8.13. The van der Waals surface area contributed by atoms with Gasteiger partial charge in [0.15, 0.2) is 5.17 Å². The zero-order chi connectivity index (χ0) is 11.9. The number of hydrogen-bond donors (Lipinski definition) is 1. The fraction of sp³-hybridized carbons (Fsp3) is 0.909. The lowest BCUT2D eigenvalue weighted by atomic mass is 9.97. The van der Waals surface area contributed by atoms with Crippen LogP contribution in [0.25, 0.3) is 0 Å². The highest BCUT2D eigenvalue weighted by Gasteiger charge is 2.22. The summed E-state index contributed by atoms with van der Waals surface area (Å²) in [7, 11) is 1.68. The monoisotopic (exact) mass is 246 g/mol. The van der Waals surface area contributed by atoms with Gasteiger partial charge in [-0.25, -0.2) is 0 Å². The van der Waals surface area contributed by atoms with Crippen LogP contribution < -0.4 is 5.32 Å². The van der Waals surface area contributed by atoms with Crippen molar-refractivity contribution in [2.45, 2.75) is 13.8 Å². The molecular formula is C11H22N2O2S. The zero-order valence-corrected chi connectivity index (χ0v) is 11.2. The molecular weight excluding hydrogens is 224 g/mol. The number of nitrogens with zero attached hydrogens (tertiary/aromatic N) is 1. The van der Waals surface area contributed by atoms with E-state index in [2.05, 4.69) is 24.2 Å². The molecule has 0 spiro atoms. The Balaban J connectivity index is 2.04. The van der Waals surface area contributed by atoms with Gasteiger partial charge in [-0.05, 0) is 5.41 Å². The molecule has 0 atom stereocenters. The third-order valence-electron chi connectivity index (χ3n) is 2.20. The molecule has 0 radical (unpaired) electrons. The molecule has 0 bridgehead atoms. The fourth-order valence-corrected chi connectivity index (χ4v) is 2.20. The third kappa shape index (κ3) is 5.72. The molecule has 0 aromatic rings. The van der Waals surface area contributed by atoms with E-state index in [1.807, 2.05) is 0 Å². The predicted octanol–water partition coefficient (Wildman–Crippen LogP) is 1.37. The van der Waals surface area contributed by atoms with Crippen LogP contribution in [0.2, 0.25) is 0 Å². The van der Waals surface area contributed by atoms with Crippen molar-refractivity contribution < 1.29 is 9.47 Å². The van der Waals surface area contributed by atoms with Gasteiger partial charge in [0, 0.05) is 26.0 Å². The van der Waals surface area contributed by atoms with E-state index in [0.29, 0.717) is 25.2 Å². The van der Waals surface area contributed by atoms with Gasteiger partial charge in [-0.1, -0.05) is 25.6 Å². The van der Waals surface area contributed by atoms with E-state index in [1.54, 1.807) is 18.9 Å². The number of nitrogens with one attached hydrogen (secondary N) is 1. The van der Waals surface area contributed by atoms with E-state index >= 15 is 0 Å². The predicted molar refractivity (Wildman–Crippen MR) is 69.2 cm³/mol. The standard InChI is InChI=1S/C11H22N2O2S/c1-11(2)8-13-10(16-9-11)12-4-5-15-7-6-14-3/h4-9H2,1-3H3,(H,12,13). The lowest BCUT2D eigenvalue weighted by Gasteiger charge is -2.27. The summed E-state index contributed by atoms with van der Waals surface area (Å²) in [6.07, 6.45) is 0. The highest BCUT2D eigenvalue weighted by Crippen LogP contribution is 2.26. The molecule has 16 heavy (non-hydrogen) atoms. The quantitative estimate of drug-likeness (QED) is 0.719. The normalized spacial score (nSPS) is 19.3. The van der Waals surface area contributed by atoms with Crippen LogP contribution in [0, 0.1) is 5.41 Å². The summed E-state index contributed by atoms with van der Waals surface area (Å²) in [5.74, 6) is 1.13. The van der Waals surface area contributed by atoms with Crippen LogP contribution in [0.1, 0.15) is 13.8 Å². The number of ether oxygens (including phenoxy) is 2. The molecule has 0 saturated heterocycles.